The van der Waals surface area contributed by atoms with Crippen LogP contribution in [-0.4, -0.2) is 42.1 Å². The Labute approximate surface area is 220 Å². The van der Waals surface area contributed by atoms with E-state index < -0.39 is 0 Å². The molecular formula is C28H28FN9. The lowest BCUT2D eigenvalue weighted by Crippen LogP contribution is -2.28. The molecule has 0 radical (unpaired) electrons. The third-order valence-corrected chi connectivity index (χ3v) is 5.85. The zero-order valence-corrected chi connectivity index (χ0v) is 21.4. The summed E-state index contributed by atoms with van der Waals surface area (Å²) in [5, 5.41) is 17.8. The first-order chi connectivity index (χ1) is 18.4. The molecule has 5 aromatic rings. The molecule has 0 aliphatic rings. The zero-order chi connectivity index (χ0) is 26.5. The quantitative estimate of drug-likeness (QED) is 0.265. The fraction of sp³-hybridized carbons (Fsp3) is 0.214. The first kappa shape index (κ1) is 24.9. The molecule has 0 fully saturated rings. The Morgan fingerprint density at radius 2 is 1.71 bits per heavy atom. The Bertz CT molecular complexity index is 1480. The van der Waals surface area contributed by atoms with E-state index in [0.717, 1.165) is 46.0 Å². The molecule has 10 heteroatoms. The second kappa shape index (κ2) is 11.1. The van der Waals surface area contributed by atoms with Crippen molar-refractivity contribution < 1.29 is 4.39 Å². The molecule has 0 aliphatic heterocycles. The Hall–Kier alpha value is -4.73. The molecule has 0 atom stereocenters. The third kappa shape index (κ3) is 5.97. The summed E-state index contributed by atoms with van der Waals surface area (Å²) in [7, 11) is 0. The van der Waals surface area contributed by atoms with Crippen molar-refractivity contribution in [1.29, 1.82) is 0 Å². The van der Waals surface area contributed by atoms with Gasteiger partial charge in [0.25, 0.3) is 0 Å². The number of nitrogens with zero attached hydrogens (tertiary/aromatic N) is 7. The lowest BCUT2D eigenvalue weighted by Gasteiger charge is -2.27. The van der Waals surface area contributed by atoms with Crippen LogP contribution in [0.5, 0.6) is 0 Å². The minimum absolute atomic E-state index is 0.257. The van der Waals surface area contributed by atoms with Crippen LogP contribution in [0.25, 0.3) is 22.6 Å². The molecule has 0 bridgehead atoms. The minimum atomic E-state index is -0.257. The summed E-state index contributed by atoms with van der Waals surface area (Å²) in [5.41, 5.74) is 5.18. The topological polar surface area (TPSA) is 108 Å². The van der Waals surface area contributed by atoms with E-state index >= 15 is 0 Å². The van der Waals surface area contributed by atoms with Crippen LogP contribution >= 0.6 is 0 Å². The van der Waals surface area contributed by atoms with Gasteiger partial charge in [0.15, 0.2) is 5.82 Å². The lowest BCUT2D eigenvalue weighted by atomic mass is 10.0. The monoisotopic (exact) mass is 509 g/mol. The van der Waals surface area contributed by atoms with Gasteiger partial charge in [0, 0.05) is 48.4 Å². The smallest absolute Gasteiger partial charge is 0.227 e. The van der Waals surface area contributed by atoms with E-state index in [0.29, 0.717) is 24.2 Å². The second-order valence-electron chi connectivity index (χ2n) is 9.50. The molecule has 9 nitrogen and oxygen atoms in total. The number of H-pyrrole nitrogens is 1. The fourth-order valence-electron chi connectivity index (χ4n) is 4.15. The Morgan fingerprint density at radius 1 is 0.974 bits per heavy atom. The standard InChI is InChI=1S/C28H28FN9/c1-18(2)16-38(17-20-8-10-21(29)11-9-20)26-13-22(32-28-30-14-19(3)15-31-28)12-25(33-26)23-6-4-5-7-24(23)27-34-36-37-35-27/h4-15,18H,16-17H2,1-3H3,(H,30,31,32,33)(H,34,35,36,37). The molecule has 0 unspecified atom stereocenters. The fourth-order valence-corrected chi connectivity index (χ4v) is 4.15. The van der Waals surface area contributed by atoms with Crippen molar-refractivity contribution in [2.75, 3.05) is 16.8 Å². The van der Waals surface area contributed by atoms with Crippen LogP contribution in [0.15, 0.2) is 73.1 Å². The van der Waals surface area contributed by atoms with Crippen LogP contribution in [0.1, 0.15) is 25.0 Å². The first-order valence-corrected chi connectivity index (χ1v) is 12.4. The van der Waals surface area contributed by atoms with Crippen LogP contribution in [0.3, 0.4) is 0 Å². The lowest BCUT2D eigenvalue weighted by molar-refractivity contribution is 0.602. The number of hydrogen-bond acceptors (Lipinski definition) is 8. The van der Waals surface area contributed by atoms with Gasteiger partial charge < -0.3 is 10.2 Å². The van der Waals surface area contributed by atoms with Gasteiger partial charge in [-0.15, -0.1) is 5.10 Å². The second-order valence-corrected chi connectivity index (χ2v) is 9.50. The van der Waals surface area contributed by atoms with E-state index in [4.69, 9.17) is 4.98 Å². The van der Waals surface area contributed by atoms with Crippen molar-refractivity contribution in [3.05, 3.63) is 90.0 Å². The van der Waals surface area contributed by atoms with E-state index in [-0.39, 0.29) is 5.82 Å². The van der Waals surface area contributed by atoms with Gasteiger partial charge in [-0.3, -0.25) is 0 Å². The predicted octanol–water partition coefficient (Wildman–Crippen LogP) is 5.57. The van der Waals surface area contributed by atoms with Crippen molar-refractivity contribution in [1.82, 2.24) is 35.6 Å². The molecular weight excluding hydrogens is 481 g/mol. The number of nitrogens with one attached hydrogen (secondary N) is 2. The normalized spacial score (nSPS) is 11.1. The van der Waals surface area contributed by atoms with E-state index in [9.17, 15) is 4.39 Å². The minimum Gasteiger partial charge on any atom is -0.352 e. The highest BCUT2D eigenvalue weighted by atomic mass is 19.1. The average Bonchev–Trinajstić information content (AvgIpc) is 3.46. The summed E-state index contributed by atoms with van der Waals surface area (Å²) >= 11 is 0. The van der Waals surface area contributed by atoms with E-state index in [1.807, 2.05) is 43.3 Å². The number of aromatic nitrogens is 7. The van der Waals surface area contributed by atoms with Crippen molar-refractivity contribution in [3.8, 4) is 22.6 Å². The number of aryl methyl sites for hydroxylation is 1. The van der Waals surface area contributed by atoms with Gasteiger partial charge in [-0.05, 0) is 52.6 Å². The number of pyridine rings is 1. The van der Waals surface area contributed by atoms with Gasteiger partial charge in [0.05, 0.1) is 5.69 Å². The van der Waals surface area contributed by atoms with Crippen molar-refractivity contribution >= 4 is 17.5 Å². The third-order valence-electron chi connectivity index (χ3n) is 5.85. The molecule has 2 aromatic carbocycles. The molecule has 5 rings (SSSR count). The van der Waals surface area contributed by atoms with Gasteiger partial charge in [0.1, 0.15) is 11.6 Å². The number of tetrazole rings is 1. The molecule has 0 aliphatic carbocycles. The molecule has 192 valence electrons. The largest absolute Gasteiger partial charge is 0.352 e. The highest BCUT2D eigenvalue weighted by Crippen LogP contribution is 2.33. The Morgan fingerprint density at radius 3 is 2.39 bits per heavy atom. The van der Waals surface area contributed by atoms with Crippen LogP contribution in [0.4, 0.5) is 21.8 Å². The molecule has 38 heavy (non-hydrogen) atoms. The number of hydrogen-bond donors (Lipinski definition) is 2. The van der Waals surface area contributed by atoms with Gasteiger partial charge in [-0.2, -0.15) is 0 Å². The highest BCUT2D eigenvalue weighted by molar-refractivity contribution is 5.81. The number of aromatic amines is 1. The molecule has 3 aromatic heterocycles. The molecule has 0 saturated heterocycles. The van der Waals surface area contributed by atoms with Gasteiger partial charge in [0.2, 0.25) is 5.95 Å². The summed E-state index contributed by atoms with van der Waals surface area (Å²) in [6.07, 6.45) is 3.54. The maximum Gasteiger partial charge on any atom is 0.227 e. The van der Waals surface area contributed by atoms with Gasteiger partial charge in [-0.25, -0.2) is 24.4 Å². The maximum atomic E-state index is 13.6. The molecule has 0 amide bonds. The zero-order valence-electron chi connectivity index (χ0n) is 21.4. The number of benzene rings is 2. The van der Waals surface area contributed by atoms with Crippen LogP contribution < -0.4 is 10.2 Å². The van der Waals surface area contributed by atoms with Crippen LogP contribution in [0, 0.1) is 18.7 Å². The summed E-state index contributed by atoms with van der Waals surface area (Å²) < 4.78 is 13.6. The summed E-state index contributed by atoms with van der Waals surface area (Å²) in [6.45, 7) is 7.59. The predicted molar refractivity (Wildman–Crippen MR) is 145 cm³/mol. The molecule has 2 N–H and O–H groups in total. The van der Waals surface area contributed by atoms with Gasteiger partial charge >= 0.3 is 0 Å². The van der Waals surface area contributed by atoms with Crippen molar-refractivity contribution in [2.24, 2.45) is 5.92 Å². The number of rotatable bonds is 9. The molecule has 0 saturated carbocycles. The van der Waals surface area contributed by atoms with E-state index in [1.54, 1.807) is 24.5 Å². The highest BCUT2D eigenvalue weighted by Gasteiger charge is 2.17. The van der Waals surface area contributed by atoms with Crippen molar-refractivity contribution in [3.63, 3.8) is 0 Å². The number of halogens is 1. The molecule has 3 heterocycles. The average molecular weight is 510 g/mol. The van der Waals surface area contributed by atoms with Crippen LogP contribution in [0.2, 0.25) is 0 Å². The Balaban J connectivity index is 1.61. The van der Waals surface area contributed by atoms with E-state index in [2.05, 4.69) is 54.7 Å². The maximum absolute atomic E-state index is 13.6. The SMILES string of the molecule is Cc1cnc(Nc2cc(-c3ccccc3-c3nnn[nH]3)nc(N(Cc3ccc(F)cc3)CC(C)C)c2)nc1. The van der Waals surface area contributed by atoms with Crippen LogP contribution in [-0.2, 0) is 6.54 Å². The molecule has 0 spiro atoms. The first-order valence-electron chi connectivity index (χ1n) is 12.4. The van der Waals surface area contributed by atoms with Crippen molar-refractivity contribution in [2.45, 2.75) is 27.3 Å². The Kier molecular flexibility index (Phi) is 7.30. The summed E-state index contributed by atoms with van der Waals surface area (Å²) in [5.74, 6) is 1.91. The summed E-state index contributed by atoms with van der Waals surface area (Å²) in [6, 6.07) is 18.3. The van der Waals surface area contributed by atoms with E-state index in [1.165, 1.54) is 12.1 Å². The van der Waals surface area contributed by atoms with Gasteiger partial charge in [-0.1, -0.05) is 50.2 Å². The number of anilines is 3. The summed E-state index contributed by atoms with van der Waals surface area (Å²) in [4.78, 5) is 16.1.